The molecule has 0 fully saturated rings. The summed E-state index contributed by atoms with van der Waals surface area (Å²) >= 11 is 0. The highest BCUT2D eigenvalue weighted by Gasteiger charge is 2.31. The van der Waals surface area contributed by atoms with Gasteiger partial charge in [-0.1, -0.05) is 39.3 Å². The standard InChI is InChI=1S/C16H28O/c1-6-7-16(17)13(5)15-10-12(4)8-9-14(15)11(2)3/h7,10-11,13-15,17H,6,8-9H2,1-5H3/b16-7+/t13?,14-,15-/m0/s1. The van der Waals surface area contributed by atoms with Gasteiger partial charge in [0.1, 0.15) is 0 Å². The van der Waals surface area contributed by atoms with Gasteiger partial charge < -0.3 is 5.11 Å². The van der Waals surface area contributed by atoms with E-state index in [1.807, 2.05) is 6.08 Å². The van der Waals surface area contributed by atoms with Crippen LogP contribution in [0.1, 0.15) is 53.9 Å². The molecule has 0 radical (unpaired) electrons. The van der Waals surface area contributed by atoms with E-state index in [1.54, 1.807) is 0 Å². The second kappa shape index (κ2) is 6.28. The Hall–Kier alpha value is -0.720. The maximum atomic E-state index is 10.1. The van der Waals surface area contributed by atoms with Crippen molar-refractivity contribution < 1.29 is 5.11 Å². The van der Waals surface area contributed by atoms with Gasteiger partial charge in [-0.3, -0.25) is 0 Å². The zero-order chi connectivity index (χ0) is 13.0. The van der Waals surface area contributed by atoms with Crippen molar-refractivity contribution in [1.82, 2.24) is 0 Å². The summed E-state index contributed by atoms with van der Waals surface area (Å²) in [6.07, 6.45) is 7.77. The lowest BCUT2D eigenvalue weighted by Gasteiger charge is -2.36. The molecule has 1 nitrogen and oxygen atoms in total. The van der Waals surface area contributed by atoms with Gasteiger partial charge >= 0.3 is 0 Å². The van der Waals surface area contributed by atoms with Crippen LogP contribution >= 0.6 is 0 Å². The lowest BCUT2D eigenvalue weighted by Crippen LogP contribution is -2.28. The minimum atomic E-state index is 0.262. The van der Waals surface area contributed by atoms with Crippen LogP contribution in [0, 0.1) is 23.7 Å². The molecule has 1 unspecified atom stereocenters. The van der Waals surface area contributed by atoms with Gasteiger partial charge in [-0.2, -0.15) is 0 Å². The molecule has 3 atom stereocenters. The molecular formula is C16H28O. The minimum Gasteiger partial charge on any atom is -0.512 e. The molecule has 0 aliphatic heterocycles. The maximum Gasteiger partial charge on any atom is 0.0916 e. The quantitative estimate of drug-likeness (QED) is 0.531. The van der Waals surface area contributed by atoms with E-state index in [-0.39, 0.29) is 5.92 Å². The Labute approximate surface area is 107 Å². The van der Waals surface area contributed by atoms with Crippen LogP contribution in [0.15, 0.2) is 23.5 Å². The molecule has 1 rings (SSSR count). The average molecular weight is 236 g/mol. The van der Waals surface area contributed by atoms with Gasteiger partial charge in [0.25, 0.3) is 0 Å². The molecule has 98 valence electrons. The minimum absolute atomic E-state index is 0.262. The highest BCUT2D eigenvalue weighted by Crippen LogP contribution is 2.39. The summed E-state index contributed by atoms with van der Waals surface area (Å²) in [5.41, 5.74) is 1.49. The van der Waals surface area contributed by atoms with Crippen LogP contribution in [0.25, 0.3) is 0 Å². The van der Waals surface area contributed by atoms with Crippen LogP contribution in [-0.2, 0) is 0 Å². The van der Waals surface area contributed by atoms with Crippen molar-refractivity contribution in [3.8, 4) is 0 Å². The number of allylic oxidation sites excluding steroid dienone is 4. The molecule has 0 saturated carbocycles. The summed E-state index contributed by atoms with van der Waals surface area (Å²) in [4.78, 5) is 0. The molecule has 17 heavy (non-hydrogen) atoms. The lowest BCUT2D eigenvalue weighted by atomic mass is 9.69. The van der Waals surface area contributed by atoms with E-state index in [9.17, 15) is 5.11 Å². The van der Waals surface area contributed by atoms with Crippen molar-refractivity contribution in [2.45, 2.75) is 53.9 Å². The Kier molecular flexibility index (Phi) is 5.30. The van der Waals surface area contributed by atoms with Crippen LogP contribution in [0.3, 0.4) is 0 Å². The molecule has 0 bridgehead atoms. The van der Waals surface area contributed by atoms with Crippen LogP contribution in [-0.4, -0.2) is 5.11 Å². The molecule has 1 aliphatic carbocycles. The van der Waals surface area contributed by atoms with Crippen molar-refractivity contribution in [2.24, 2.45) is 23.7 Å². The van der Waals surface area contributed by atoms with Crippen LogP contribution in [0.5, 0.6) is 0 Å². The fourth-order valence-electron chi connectivity index (χ4n) is 3.01. The molecule has 0 amide bonds. The second-order valence-electron chi connectivity index (χ2n) is 5.86. The summed E-state index contributed by atoms with van der Waals surface area (Å²) < 4.78 is 0. The SMILES string of the molecule is CC/C=C(/O)C(C)[C@@H]1C=C(C)CC[C@H]1C(C)C. The van der Waals surface area contributed by atoms with E-state index in [1.165, 1.54) is 18.4 Å². The topological polar surface area (TPSA) is 20.2 Å². The van der Waals surface area contributed by atoms with E-state index in [0.717, 1.165) is 6.42 Å². The van der Waals surface area contributed by atoms with Crippen molar-refractivity contribution >= 4 is 0 Å². The summed E-state index contributed by atoms with van der Waals surface area (Å²) in [6, 6.07) is 0. The lowest BCUT2D eigenvalue weighted by molar-refractivity contribution is 0.188. The molecule has 0 saturated heterocycles. The summed E-state index contributed by atoms with van der Waals surface area (Å²) in [7, 11) is 0. The fourth-order valence-corrected chi connectivity index (χ4v) is 3.01. The second-order valence-corrected chi connectivity index (χ2v) is 5.86. The maximum absolute atomic E-state index is 10.1. The molecule has 0 spiro atoms. The monoisotopic (exact) mass is 236 g/mol. The molecule has 1 aliphatic rings. The summed E-state index contributed by atoms with van der Waals surface area (Å²) in [5, 5.41) is 10.1. The molecular weight excluding hydrogens is 208 g/mol. The van der Waals surface area contributed by atoms with E-state index < -0.39 is 0 Å². The molecule has 0 aromatic rings. The third kappa shape index (κ3) is 3.62. The Morgan fingerprint density at radius 3 is 2.65 bits per heavy atom. The molecule has 0 aromatic carbocycles. The third-order valence-corrected chi connectivity index (χ3v) is 4.16. The summed E-state index contributed by atoms with van der Waals surface area (Å²) in [6.45, 7) is 11.1. The Bertz CT molecular complexity index is 299. The number of aliphatic hydroxyl groups is 1. The van der Waals surface area contributed by atoms with Crippen molar-refractivity contribution in [2.75, 3.05) is 0 Å². The van der Waals surface area contributed by atoms with Gasteiger partial charge in [0, 0.05) is 5.92 Å². The van der Waals surface area contributed by atoms with E-state index in [4.69, 9.17) is 0 Å². The van der Waals surface area contributed by atoms with Crippen LogP contribution < -0.4 is 0 Å². The van der Waals surface area contributed by atoms with E-state index >= 15 is 0 Å². The van der Waals surface area contributed by atoms with Crippen LogP contribution in [0.2, 0.25) is 0 Å². The highest BCUT2D eigenvalue weighted by molar-refractivity contribution is 5.12. The molecule has 0 aromatic heterocycles. The van der Waals surface area contributed by atoms with Gasteiger partial charge in [-0.25, -0.2) is 0 Å². The Balaban J connectivity index is 2.89. The zero-order valence-corrected chi connectivity index (χ0v) is 12.0. The first-order chi connectivity index (χ1) is 7.97. The van der Waals surface area contributed by atoms with Crippen LogP contribution in [0.4, 0.5) is 0 Å². The number of rotatable bonds is 4. The van der Waals surface area contributed by atoms with Gasteiger partial charge in [0.2, 0.25) is 0 Å². The largest absolute Gasteiger partial charge is 0.512 e. The van der Waals surface area contributed by atoms with Gasteiger partial charge in [0.05, 0.1) is 5.76 Å². The fraction of sp³-hybridized carbons (Fsp3) is 0.750. The van der Waals surface area contributed by atoms with E-state index in [2.05, 4.69) is 40.7 Å². The first-order valence-corrected chi connectivity index (χ1v) is 7.03. The van der Waals surface area contributed by atoms with Crippen molar-refractivity contribution in [3.05, 3.63) is 23.5 Å². The molecule has 0 heterocycles. The average Bonchev–Trinajstić information content (AvgIpc) is 2.27. The summed E-state index contributed by atoms with van der Waals surface area (Å²) in [5.74, 6) is 2.75. The van der Waals surface area contributed by atoms with Gasteiger partial charge in [-0.15, -0.1) is 0 Å². The highest BCUT2D eigenvalue weighted by atomic mass is 16.3. The smallest absolute Gasteiger partial charge is 0.0916 e. The Morgan fingerprint density at radius 2 is 2.12 bits per heavy atom. The molecule has 1 N–H and O–H groups in total. The zero-order valence-electron chi connectivity index (χ0n) is 12.0. The predicted molar refractivity (Wildman–Crippen MR) is 75.0 cm³/mol. The first kappa shape index (κ1) is 14.3. The first-order valence-electron chi connectivity index (χ1n) is 7.03. The van der Waals surface area contributed by atoms with Gasteiger partial charge in [-0.05, 0) is 50.0 Å². The van der Waals surface area contributed by atoms with E-state index in [0.29, 0.717) is 23.5 Å². The third-order valence-electron chi connectivity index (χ3n) is 4.16. The van der Waals surface area contributed by atoms with Crippen molar-refractivity contribution in [1.29, 1.82) is 0 Å². The normalized spacial score (nSPS) is 28.1. The number of aliphatic hydroxyl groups excluding tert-OH is 1. The number of hydrogen-bond acceptors (Lipinski definition) is 1. The molecule has 1 heteroatoms. The van der Waals surface area contributed by atoms with Gasteiger partial charge in [0.15, 0.2) is 0 Å². The Morgan fingerprint density at radius 1 is 1.47 bits per heavy atom. The number of hydrogen-bond donors (Lipinski definition) is 1. The van der Waals surface area contributed by atoms with Crippen molar-refractivity contribution in [3.63, 3.8) is 0 Å². The predicted octanol–water partition coefficient (Wildman–Crippen LogP) is 5.10.